The average molecular weight is 916 g/mol. The summed E-state index contributed by atoms with van der Waals surface area (Å²) in [6, 6.07) is -1.20. The highest BCUT2D eigenvalue weighted by Crippen LogP contribution is 2.43. The molecule has 366 valence electrons. The summed E-state index contributed by atoms with van der Waals surface area (Å²) in [5.41, 5.74) is 0.697. The number of carbonyl (C=O) groups is 5. The molecule has 2 saturated heterocycles. The maximum absolute atomic E-state index is 17.1. The molecule has 1 N–H and O–H groups in total. The molecule has 0 spiro atoms. The normalized spacial score (nSPS) is 40.1. The number of rotatable bonds is 5. The zero-order valence-electron chi connectivity index (χ0n) is 41.0. The maximum Gasteiger partial charge on any atom is 0.329 e. The van der Waals surface area contributed by atoms with Crippen molar-refractivity contribution in [2.24, 2.45) is 40.9 Å². The minimum atomic E-state index is -2.90. The van der Waals surface area contributed by atoms with Crippen molar-refractivity contribution in [3.05, 3.63) is 47.6 Å². The van der Waals surface area contributed by atoms with Gasteiger partial charge in [0.15, 0.2) is 18.1 Å². The highest BCUT2D eigenvalue weighted by molar-refractivity contribution is 6.39. The molecule has 4 rings (SSSR count). The SMILES string of the molecule is CO[C@H]1C(=O)[C@H](C)C[C@H](C)/C=C/C=C/C=C(\C)C(C)(C)C[C@@H]2CC[C@@H](C)C(F)(O2)C(=O)C(=O)N2CCCCC2C(=O)O[C@H]([C@H](C)CC2CC[C@@H](O)[C@H](OC)C2)CC(=O)[C@H](C)/C=C(\C)C1F. The van der Waals surface area contributed by atoms with Gasteiger partial charge in [-0.3, -0.25) is 19.2 Å². The summed E-state index contributed by atoms with van der Waals surface area (Å²) in [5, 5.41) is 10.5. The van der Waals surface area contributed by atoms with Gasteiger partial charge in [0.2, 0.25) is 0 Å². The minimum Gasteiger partial charge on any atom is -0.460 e. The summed E-state index contributed by atoms with van der Waals surface area (Å²) >= 11 is 0. The molecule has 11 nitrogen and oxygen atoms in total. The number of hydrogen-bond acceptors (Lipinski definition) is 10. The Bertz CT molecular complexity index is 1790. The fourth-order valence-corrected chi connectivity index (χ4v) is 10.2. The molecule has 0 aromatic carbocycles. The van der Waals surface area contributed by atoms with Crippen molar-refractivity contribution in [2.45, 2.75) is 188 Å². The van der Waals surface area contributed by atoms with E-state index in [1.54, 1.807) is 27.9 Å². The van der Waals surface area contributed by atoms with Gasteiger partial charge in [-0.2, -0.15) is 0 Å². The molecule has 14 atom stereocenters. The van der Waals surface area contributed by atoms with E-state index in [-0.39, 0.29) is 60.4 Å². The molecule has 1 saturated carbocycles. The second-order valence-corrected chi connectivity index (χ2v) is 20.6. The van der Waals surface area contributed by atoms with E-state index in [4.69, 9.17) is 18.9 Å². The van der Waals surface area contributed by atoms with E-state index in [9.17, 15) is 29.1 Å². The number of alkyl halides is 2. The van der Waals surface area contributed by atoms with E-state index < -0.39 is 83.3 Å². The molecule has 1 amide bonds. The van der Waals surface area contributed by atoms with Gasteiger partial charge in [0.05, 0.1) is 18.3 Å². The number of nitrogens with zero attached hydrogens (tertiary/aromatic N) is 1. The zero-order chi connectivity index (χ0) is 48.4. The molecule has 13 heteroatoms. The molecule has 3 fully saturated rings. The van der Waals surface area contributed by atoms with E-state index >= 15 is 8.78 Å². The number of esters is 1. The molecular weight excluding hydrogens is 837 g/mol. The Balaban J connectivity index is 1.71. The van der Waals surface area contributed by atoms with Crippen LogP contribution in [0.2, 0.25) is 0 Å². The number of aliphatic hydroxyl groups is 1. The summed E-state index contributed by atoms with van der Waals surface area (Å²) in [6.07, 6.45) is 10.3. The topological polar surface area (TPSA) is 146 Å². The molecule has 1 aliphatic carbocycles. The smallest absolute Gasteiger partial charge is 0.329 e. The van der Waals surface area contributed by atoms with Crippen LogP contribution in [0, 0.1) is 40.9 Å². The number of carbonyl (C=O) groups excluding carboxylic acids is 5. The molecule has 4 aliphatic rings. The van der Waals surface area contributed by atoms with Crippen molar-refractivity contribution in [1.82, 2.24) is 4.90 Å². The van der Waals surface area contributed by atoms with Gasteiger partial charge in [0.25, 0.3) is 17.5 Å². The Kier molecular flexibility index (Phi) is 20.1. The van der Waals surface area contributed by atoms with E-state index in [2.05, 4.69) is 0 Å². The number of amides is 1. The van der Waals surface area contributed by atoms with Gasteiger partial charge >= 0.3 is 5.97 Å². The number of cyclic esters (lactones) is 1. The van der Waals surface area contributed by atoms with Crippen LogP contribution in [0.25, 0.3) is 0 Å². The van der Waals surface area contributed by atoms with Gasteiger partial charge in [0.1, 0.15) is 17.9 Å². The lowest BCUT2D eigenvalue weighted by atomic mass is 9.77. The lowest BCUT2D eigenvalue weighted by Crippen LogP contribution is -2.59. The van der Waals surface area contributed by atoms with Gasteiger partial charge in [-0.05, 0) is 113 Å². The second kappa shape index (κ2) is 24.1. The van der Waals surface area contributed by atoms with Crippen molar-refractivity contribution in [1.29, 1.82) is 0 Å². The van der Waals surface area contributed by atoms with E-state index in [0.29, 0.717) is 64.2 Å². The molecule has 65 heavy (non-hydrogen) atoms. The number of ketones is 3. The highest BCUT2D eigenvalue weighted by Gasteiger charge is 2.55. The lowest BCUT2D eigenvalue weighted by Gasteiger charge is -2.42. The van der Waals surface area contributed by atoms with Crippen LogP contribution in [0.4, 0.5) is 8.78 Å². The van der Waals surface area contributed by atoms with Crippen LogP contribution in [-0.4, -0.2) is 109 Å². The average Bonchev–Trinajstić information content (AvgIpc) is 3.26. The first-order valence-corrected chi connectivity index (χ1v) is 24.1. The quantitative estimate of drug-likeness (QED) is 0.161. The molecule has 0 aromatic rings. The Morgan fingerprint density at radius 1 is 0.923 bits per heavy atom. The second-order valence-electron chi connectivity index (χ2n) is 20.6. The third kappa shape index (κ3) is 14.1. The van der Waals surface area contributed by atoms with Crippen LogP contribution in [-0.2, 0) is 42.9 Å². The summed E-state index contributed by atoms with van der Waals surface area (Å²) < 4.78 is 56.5. The molecule has 3 heterocycles. The molecule has 2 bridgehead atoms. The van der Waals surface area contributed by atoms with E-state index in [1.165, 1.54) is 20.1 Å². The number of methoxy groups -OCH3 is 2. The molecule has 3 aliphatic heterocycles. The first kappa shape index (κ1) is 54.2. The monoisotopic (exact) mass is 916 g/mol. The van der Waals surface area contributed by atoms with Crippen molar-refractivity contribution in [3.63, 3.8) is 0 Å². The van der Waals surface area contributed by atoms with Crippen molar-refractivity contribution in [3.8, 4) is 0 Å². The number of halogens is 2. The number of hydrogen-bond donors (Lipinski definition) is 1. The standard InChI is InChI=1S/C52H79F2NO10/c1-31-17-13-12-14-18-36(6)51(8,9)30-39-22-20-37(7)52(54,65-39)48(59)49(60)55-24-16-15-19-40(55)50(61)64-43(33(3)27-38-21-23-41(56)44(28-38)62-10)29-42(57)32(2)26-34(4)45(53)47(63-11)46(58)35(5)25-31/h12-14,17-18,26,31-33,35,37-41,43-45,47,56H,15-16,19-25,27-30H2,1-11H3/b14-12+,17-13+,34-26+,36-18+/t31-,32-,33-,35-,37-,38?,39+,40?,41-,43+,44-,45?,47-,52?/m1/s1. The number of piperidine rings is 1. The Morgan fingerprint density at radius 3 is 2.31 bits per heavy atom. The number of Topliss-reactive ketones (excluding diaryl/α,β-unsaturated/α-hetero) is 3. The molecule has 4 unspecified atom stereocenters. The summed E-state index contributed by atoms with van der Waals surface area (Å²) in [5.74, 6) is -9.44. The Labute approximate surface area is 387 Å². The van der Waals surface area contributed by atoms with Gasteiger partial charge in [-0.15, -0.1) is 0 Å². The van der Waals surface area contributed by atoms with Gasteiger partial charge in [-0.25, -0.2) is 13.6 Å². The first-order valence-electron chi connectivity index (χ1n) is 24.1. The molecular formula is C52H79F2NO10. The van der Waals surface area contributed by atoms with Crippen LogP contribution in [0.1, 0.15) is 139 Å². The maximum atomic E-state index is 17.1. The number of allylic oxidation sites excluding steroid dienone is 7. The van der Waals surface area contributed by atoms with Crippen LogP contribution in [0.15, 0.2) is 47.6 Å². The minimum absolute atomic E-state index is 0.0151. The summed E-state index contributed by atoms with van der Waals surface area (Å²) in [7, 11) is 2.85. The molecule has 0 radical (unpaired) electrons. The van der Waals surface area contributed by atoms with Crippen molar-refractivity contribution < 1.29 is 56.8 Å². The van der Waals surface area contributed by atoms with Crippen LogP contribution in [0.5, 0.6) is 0 Å². The van der Waals surface area contributed by atoms with Gasteiger partial charge < -0.3 is 29.0 Å². The fraction of sp³-hybridized carbons (Fsp3) is 0.750. The van der Waals surface area contributed by atoms with Crippen molar-refractivity contribution >= 4 is 29.2 Å². The highest BCUT2D eigenvalue weighted by atomic mass is 19.2. The largest absolute Gasteiger partial charge is 0.460 e. The van der Waals surface area contributed by atoms with Gasteiger partial charge in [-0.1, -0.05) is 90.5 Å². The summed E-state index contributed by atoms with van der Waals surface area (Å²) in [6.45, 7) is 16.4. The fourth-order valence-electron chi connectivity index (χ4n) is 10.2. The van der Waals surface area contributed by atoms with Crippen LogP contribution >= 0.6 is 0 Å². The number of aliphatic hydroxyl groups excluding tert-OH is 1. The number of ether oxygens (including phenoxy) is 4. The predicted octanol–water partition coefficient (Wildman–Crippen LogP) is 9.15. The first-order chi connectivity index (χ1) is 30.5. The van der Waals surface area contributed by atoms with E-state index in [0.717, 1.165) is 10.5 Å². The van der Waals surface area contributed by atoms with Crippen LogP contribution < -0.4 is 0 Å². The third-order valence-corrected chi connectivity index (χ3v) is 14.9. The molecule has 0 aromatic heterocycles. The Hall–Kier alpha value is -3.39. The zero-order valence-corrected chi connectivity index (χ0v) is 41.0. The third-order valence-electron chi connectivity index (χ3n) is 14.9. The van der Waals surface area contributed by atoms with Gasteiger partial charge in [0, 0.05) is 44.9 Å². The predicted molar refractivity (Wildman–Crippen MR) is 246 cm³/mol. The van der Waals surface area contributed by atoms with Crippen molar-refractivity contribution in [2.75, 3.05) is 20.8 Å². The van der Waals surface area contributed by atoms with Crippen LogP contribution in [0.3, 0.4) is 0 Å². The lowest BCUT2D eigenvalue weighted by molar-refractivity contribution is -0.231. The summed E-state index contributed by atoms with van der Waals surface area (Å²) in [4.78, 5) is 71.4. The Morgan fingerprint density at radius 2 is 1.63 bits per heavy atom. The number of fused-ring (bicyclic) bond motifs is 3. The van der Waals surface area contributed by atoms with E-state index in [1.807, 2.05) is 65.0 Å².